The third-order valence-corrected chi connectivity index (χ3v) is 2.66. The minimum absolute atomic E-state index is 0.363. The van der Waals surface area contributed by atoms with Crippen LogP contribution in [0.5, 0.6) is 0 Å². The first-order valence-corrected chi connectivity index (χ1v) is 5.34. The lowest BCUT2D eigenvalue weighted by atomic mass is 9.98. The second-order valence-electron chi connectivity index (χ2n) is 3.91. The van der Waals surface area contributed by atoms with Crippen molar-refractivity contribution in [1.29, 1.82) is 0 Å². The van der Waals surface area contributed by atoms with E-state index in [1.165, 1.54) is 6.20 Å². The maximum absolute atomic E-state index is 13.7. The molecule has 0 bridgehead atoms. The standard InChI is InChI=1S/C13H14FN3/c1-9-3-2-4-10(7-9)13(17-15)11-5-6-16-8-12(11)14/h2-8,13,17H,15H2,1H3. The minimum atomic E-state index is -0.364. The van der Waals surface area contributed by atoms with Crippen LogP contribution in [-0.2, 0) is 0 Å². The molecule has 88 valence electrons. The molecule has 0 saturated heterocycles. The van der Waals surface area contributed by atoms with Gasteiger partial charge in [-0.3, -0.25) is 10.8 Å². The summed E-state index contributed by atoms with van der Waals surface area (Å²) in [5.74, 6) is 5.15. The molecule has 0 aliphatic rings. The Balaban J connectivity index is 2.44. The van der Waals surface area contributed by atoms with Gasteiger partial charge < -0.3 is 0 Å². The van der Waals surface area contributed by atoms with Crippen LogP contribution in [0, 0.1) is 12.7 Å². The molecule has 0 aliphatic carbocycles. The fraction of sp³-hybridized carbons (Fsp3) is 0.154. The van der Waals surface area contributed by atoms with E-state index < -0.39 is 0 Å². The van der Waals surface area contributed by atoms with E-state index in [-0.39, 0.29) is 11.9 Å². The Bertz CT molecular complexity index is 514. The Morgan fingerprint density at radius 1 is 1.35 bits per heavy atom. The Morgan fingerprint density at radius 3 is 2.82 bits per heavy atom. The summed E-state index contributed by atoms with van der Waals surface area (Å²) in [6.45, 7) is 1.99. The molecule has 0 amide bonds. The summed E-state index contributed by atoms with van der Waals surface area (Å²) in [6.07, 6.45) is 2.74. The van der Waals surface area contributed by atoms with Gasteiger partial charge >= 0.3 is 0 Å². The van der Waals surface area contributed by atoms with Crippen LogP contribution in [-0.4, -0.2) is 4.98 Å². The van der Waals surface area contributed by atoms with Gasteiger partial charge in [0, 0.05) is 11.8 Å². The molecular weight excluding hydrogens is 217 g/mol. The fourth-order valence-corrected chi connectivity index (χ4v) is 1.84. The van der Waals surface area contributed by atoms with Crippen LogP contribution in [0.15, 0.2) is 42.7 Å². The van der Waals surface area contributed by atoms with Gasteiger partial charge in [-0.2, -0.15) is 0 Å². The van der Waals surface area contributed by atoms with Gasteiger partial charge in [0.2, 0.25) is 0 Å². The van der Waals surface area contributed by atoms with Crippen LogP contribution < -0.4 is 11.3 Å². The number of hydrogen-bond acceptors (Lipinski definition) is 3. The monoisotopic (exact) mass is 231 g/mol. The highest BCUT2D eigenvalue weighted by Gasteiger charge is 2.16. The van der Waals surface area contributed by atoms with Crippen LogP contribution in [0.25, 0.3) is 0 Å². The van der Waals surface area contributed by atoms with Crippen LogP contribution >= 0.6 is 0 Å². The molecule has 1 aromatic heterocycles. The number of nitrogens with one attached hydrogen (secondary N) is 1. The molecule has 3 N–H and O–H groups in total. The van der Waals surface area contributed by atoms with Crippen molar-refractivity contribution in [3.8, 4) is 0 Å². The van der Waals surface area contributed by atoms with Gasteiger partial charge in [0.1, 0.15) is 5.82 Å². The molecule has 2 aromatic rings. The van der Waals surface area contributed by atoms with E-state index in [9.17, 15) is 4.39 Å². The fourth-order valence-electron chi connectivity index (χ4n) is 1.84. The molecule has 0 radical (unpaired) electrons. The van der Waals surface area contributed by atoms with E-state index in [1.807, 2.05) is 31.2 Å². The molecule has 0 saturated carbocycles. The number of aromatic nitrogens is 1. The zero-order chi connectivity index (χ0) is 12.3. The van der Waals surface area contributed by atoms with Crippen LogP contribution in [0.1, 0.15) is 22.7 Å². The highest BCUT2D eigenvalue weighted by molar-refractivity contribution is 5.33. The van der Waals surface area contributed by atoms with E-state index in [0.29, 0.717) is 5.56 Å². The van der Waals surface area contributed by atoms with Crippen molar-refractivity contribution in [3.05, 3.63) is 65.2 Å². The largest absolute Gasteiger partial charge is 0.271 e. The second kappa shape index (κ2) is 5.03. The number of halogens is 1. The van der Waals surface area contributed by atoms with Gasteiger partial charge in [-0.05, 0) is 18.6 Å². The number of hydrogen-bond donors (Lipinski definition) is 2. The zero-order valence-corrected chi connectivity index (χ0v) is 9.52. The third-order valence-electron chi connectivity index (χ3n) is 2.66. The van der Waals surface area contributed by atoms with Crippen molar-refractivity contribution in [2.45, 2.75) is 13.0 Å². The smallest absolute Gasteiger partial charge is 0.146 e. The number of pyridine rings is 1. The number of rotatable bonds is 3. The molecule has 1 unspecified atom stereocenters. The molecule has 0 spiro atoms. The van der Waals surface area contributed by atoms with Crippen molar-refractivity contribution in [3.63, 3.8) is 0 Å². The maximum Gasteiger partial charge on any atom is 0.146 e. The van der Waals surface area contributed by atoms with Crippen LogP contribution in [0.4, 0.5) is 4.39 Å². The lowest BCUT2D eigenvalue weighted by Gasteiger charge is -2.17. The molecule has 1 heterocycles. The Kier molecular flexibility index (Phi) is 3.46. The molecule has 17 heavy (non-hydrogen) atoms. The Morgan fingerprint density at radius 2 is 2.18 bits per heavy atom. The summed E-state index contributed by atoms with van der Waals surface area (Å²) in [4.78, 5) is 3.73. The number of nitrogens with two attached hydrogens (primary N) is 1. The van der Waals surface area contributed by atoms with Crippen LogP contribution in [0.2, 0.25) is 0 Å². The lowest BCUT2D eigenvalue weighted by Crippen LogP contribution is -2.29. The first-order chi connectivity index (χ1) is 8.22. The molecule has 0 fully saturated rings. The average molecular weight is 231 g/mol. The Labute approximate surface area is 99.5 Å². The van der Waals surface area contributed by atoms with Crippen molar-refractivity contribution < 1.29 is 4.39 Å². The van der Waals surface area contributed by atoms with Crippen molar-refractivity contribution in [1.82, 2.24) is 10.4 Å². The summed E-state index contributed by atoms with van der Waals surface area (Å²) in [5.41, 5.74) is 5.17. The minimum Gasteiger partial charge on any atom is -0.271 e. The molecular formula is C13H14FN3. The van der Waals surface area contributed by atoms with E-state index in [4.69, 9.17) is 5.84 Å². The zero-order valence-electron chi connectivity index (χ0n) is 9.52. The van der Waals surface area contributed by atoms with Gasteiger partial charge in [-0.1, -0.05) is 29.8 Å². The summed E-state index contributed by atoms with van der Waals surface area (Å²) in [5, 5.41) is 0. The lowest BCUT2D eigenvalue weighted by molar-refractivity contribution is 0.555. The first kappa shape index (κ1) is 11.7. The quantitative estimate of drug-likeness (QED) is 0.628. The normalized spacial score (nSPS) is 12.4. The molecule has 1 aromatic carbocycles. The van der Waals surface area contributed by atoms with E-state index >= 15 is 0 Å². The Hall–Kier alpha value is -1.78. The molecule has 3 nitrogen and oxygen atoms in total. The number of hydrazine groups is 1. The van der Waals surface area contributed by atoms with Gasteiger partial charge in [0.25, 0.3) is 0 Å². The first-order valence-electron chi connectivity index (χ1n) is 5.34. The van der Waals surface area contributed by atoms with Gasteiger partial charge in [0.05, 0.1) is 12.2 Å². The molecule has 0 aliphatic heterocycles. The highest BCUT2D eigenvalue weighted by Crippen LogP contribution is 2.23. The predicted molar refractivity (Wildman–Crippen MR) is 64.5 cm³/mol. The summed E-state index contributed by atoms with van der Waals surface area (Å²) in [7, 11) is 0. The topological polar surface area (TPSA) is 50.9 Å². The SMILES string of the molecule is Cc1cccc(C(NN)c2ccncc2F)c1. The number of aryl methyl sites for hydroxylation is 1. The van der Waals surface area contributed by atoms with Crippen molar-refractivity contribution >= 4 is 0 Å². The summed E-state index contributed by atoms with van der Waals surface area (Å²) >= 11 is 0. The molecule has 1 atom stereocenters. The predicted octanol–water partition coefficient (Wildman–Crippen LogP) is 2.08. The van der Waals surface area contributed by atoms with Gasteiger partial charge in [-0.15, -0.1) is 0 Å². The van der Waals surface area contributed by atoms with Crippen LogP contribution in [0.3, 0.4) is 0 Å². The summed E-state index contributed by atoms with van der Waals surface area (Å²) in [6, 6.07) is 9.07. The van der Waals surface area contributed by atoms with Crippen molar-refractivity contribution in [2.75, 3.05) is 0 Å². The second-order valence-corrected chi connectivity index (χ2v) is 3.91. The molecule has 4 heteroatoms. The average Bonchev–Trinajstić information content (AvgIpc) is 2.33. The number of nitrogens with zero attached hydrogens (tertiary/aromatic N) is 1. The molecule has 2 rings (SSSR count). The van der Waals surface area contributed by atoms with Gasteiger partial charge in [0.15, 0.2) is 0 Å². The van der Waals surface area contributed by atoms with E-state index in [2.05, 4.69) is 10.4 Å². The van der Waals surface area contributed by atoms with E-state index in [1.54, 1.807) is 12.3 Å². The maximum atomic E-state index is 13.7. The highest BCUT2D eigenvalue weighted by atomic mass is 19.1. The number of benzene rings is 1. The third kappa shape index (κ3) is 2.49. The van der Waals surface area contributed by atoms with E-state index in [0.717, 1.165) is 11.1 Å². The van der Waals surface area contributed by atoms with Gasteiger partial charge in [-0.25, -0.2) is 9.82 Å². The summed E-state index contributed by atoms with van der Waals surface area (Å²) < 4.78 is 13.7. The van der Waals surface area contributed by atoms with Crippen molar-refractivity contribution in [2.24, 2.45) is 5.84 Å².